The summed E-state index contributed by atoms with van der Waals surface area (Å²) in [5.41, 5.74) is 2.26. The van der Waals surface area contributed by atoms with Gasteiger partial charge in [-0.05, 0) is 49.2 Å². The second-order valence-electron chi connectivity index (χ2n) is 7.11. The topological polar surface area (TPSA) is 104 Å². The van der Waals surface area contributed by atoms with Gasteiger partial charge in [0.1, 0.15) is 5.88 Å². The summed E-state index contributed by atoms with van der Waals surface area (Å²) in [7, 11) is 0. The zero-order valence-corrected chi connectivity index (χ0v) is 18.9. The van der Waals surface area contributed by atoms with Gasteiger partial charge in [0.15, 0.2) is 6.04 Å². The van der Waals surface area contributed by atoms with Gasteiger partial charge in [-0.1, -0.05) is 30.3 Å². The predicted octanol–water partition coefficient (Wildman–Crippen LogP) is 3.26. The Kier molecular flexibility index (Phi) is 8.60. The van der Waals surface area contributed by atoms with E-state index >= 15 is 0 Å². The van der Waals surface area contributed by atoms with Crippen molar-refractivity contribution in [2.45, 2.75) is 19.4 Å². The van der Waals surface area contributed by atoms with Crippen LogP contribution in [0.5, 0.6) is 0 Å². The number of carbonyl (C=O) groups is 3. The Hall–Kier alpha value is -3.65. The summed E-state index contributed by atoms with van der Waals surface area (Å²) in [6.45, 7) is 2.36. The van der Waals surface area contributed by atoms with Gasteiger partial charge in [-0.3, -0.25) is 19.6 Å². The van der Waals surface area contributed by atoms with Crippen molar-refractivity contribution < 1.29 is 19.1 Å². The Balaban J connectivity index is 1.86. The Labute approximate surface area is 196 Å². The smallest absolute Gasteiger partial charge is 0.338 e. The van der Waals surface area contributed by atoms with E-state index in [0.717, 1.165) is 5.56 Å². The number of nitrogens with zero attached hydrogens (tertiary/aromatic N) is 2. The number of anilines is 1. The third-order valence-electron chi connectivity index (χ3n) is 4.92. The van der Waals surface area contributed by atoms with Crippen LogP contribution < -0.4 is 10.2 Å². The molecule has 0 aliphatic rings. The number of esters is 1. The number of aromatic nitrogens is 2. The number of hydrogen-bond donors (Lipinski definition) is 2. The number of H-pyrrole nitrogens is 1. The van der Waals surface area contributed by atoms with Crippen LogP contribution in [-0.4, -0.2) is 47.0 Å². The van der Waals surface area contributed by atoms with Gasteiger partial charge in [-0.25, -0.2) is 4.79 Å². The molecule has 0 aliphatic heterocycles. The Bertz CT molecular complexity index is 1060. The molecule has 8 nitrogen and oxygen atoms in total. The minimum absolute atomic E-state index is 0.252. The van der Waals surface area contributed by atoms with Gasteiger partial charge >= 0.3 is 5.97 Å². The third kappa shape index (κ3) is 6.20. The molecular weight excluding hydrogens is 444 g/mol. The quantitative estimate of drug-likeness (QED) is 0.351. The highest BCUT2D eigenvalue weighted by Gasteiger charge is 2.33. The van der Waals surface area contributed by atoms with E-state index in [-0.39, 0.29) is 18.4 Å². The van der Waals surface area contributed by atoms with E-state index in [4.69, 9.17) is 16.3 Å². The number of halogens is 1. The van der Waals surface area contributed by atoms with Gasteiger partial charge in [0.05, 0.1) is 17.9 Å². The zero-order valence-electron chi connectivity index (χ0n) is 18.2. The fourth-order valence-corrected chi connectivity index (χ4v) is 3.49. The van der Waals surface area contributed by atoms with Gasteiger partial charge < -0.3 is 10.1 Å². The first-order valence-electron chi connectivity index (χ1n) is 10.5. The summed E-state index contributed by atoms with van der Waals surface area (Å²) in [4.78, 5) is 39.4. The molecule has 3 rings (SSSR count). The summed E-state index contributed by atoms with van der Waals surface area (Å²) in [6.07, 6.45) is 2.15. The molecule has 0 fully saturated rings. The highest BCUT2D eigenvalue weighted by molar-refractivity contribution is 6.29. The number of rotatable bonds is 10. The summed E-state index contributed by atoms with van der Waals surface area (Å²) in [5, 5.41) is 9.61. The summed E-state index contributed by atoms with van der Waals surface area (Å²) in [5.74, 6) is -1.66. The third-order valence-corrected chi connectivity index (χ3v) is 5.15. The van der Waals surface area contributed by atoms with Crippen molar-refractivity contribution in [1.82, 2.24) is 15.5 Å². The van der Waals surface area contributed by atoms with Crippen LogP contribution in [0.2, 0.25) is 0 Å². The fraction of sp³-hybridized carbons (Fsp3) is 0.250. The number of hydrogen-bond acceptors (Lipinski definition) is 5. The summed E-state index contributed by atoms with van der Waals surface area (Å²) < 4.78 is 5.00. The average molecular weight is 469 g/mol. The molecule has 1 atom stereocenters. The van der Waals surface area contributed by atoms with E-state index in [1.54, 1.807) is 37.3 Å². The Morgan fingerprint density at radius 2 is 1.82 bits per heavy atom. The Morgan fingerprint density at radius 1 is 1.09 bits per heavy atom. The number of alkyl halides is 1. The maximum absolute atomic E-state index is 13.3. The molecule has 0 saturated carbocycles. The number of benzene rings is 2. The Morgan fingerprint density at radius 3 is 2.42 bits per heavy atom. The molecular formula is C24H25ClN4O4. The normalized spacial score (nSPS) is 11.5. The number of ether oxygens (including phenoxy) is 1. The van der Waals surface area contributed by atoms with E-state index in [0.29, 0.717) is 29.9 Å². The van der Waals surface area contributed by atoms with E-state index in [2.05, 4.69) is 15.5 Å². The molecule has 2 aromatic carbocycles. The van der Waals surface area contributed by atoms with Crippen molar-refractivity contribution in [2.24, 2.45) is 0 Å². The molecule has 0 saturated heterocycles. The first kappa shape index (κ1) is 24.0. The van der Waals surface area contributed by atoms with Crippen molar-refractivity contribution in [2.75, 3.05) is 23.9 Å². The SMILES string of the molecule is CCOC(=O)c1ccc(N(C(=O)CCl)C(C(=O)NCCc2ccccc2)c2ccn[nH]2)cc1. The lowest BCUT2D eigenvalue weighted by Crippen LogP contribution is -2.45. The largest absolute Gasteiger partial charge is 0.462 e. The molecule has 2 amide bonds. The van der Waals surface area contributed by atoms with Crippen LogP contribution >= 0.6 is 11.6 Å². The van der Waals surface area contributed by atoms with E-state index in [1.165, 1.54) is 11.1 Å². The van der Waals surface area contributed by atoms with Crippen LogP contribution in [0.1, 0.15) is 34.6 Å². The minimum atomic E-state index is -1.03. The minimum Gasteiger partial charge on any atom is -0.462 e. The second kappa shape index (κ2) is 11.8. The lowest BCUT2D eigenvalue weighted by molar-refractivity contribution is -0.126. The average Bonchev–Trinajstić information content (AvgIpc) is 3.37. The molecule has 9 heteroatoms. The van der Waals surface area contributed by atoms with E-state index < -0.39 is 17.9 Å². The van der Waals surface area contributed by atoms with Crippen molar-refractivity contribution in [3.8, 4) is 0 Å². The van der Waals surface area contributed by atoms with Gasteiger partial charge in [0.25, 0.3) is 0 Å². The lowest BCUT2D eigenvalue weighted by Gasteiger charge is -2.30. The van der Waals surface area contributed by atoms with Crippen molar-refractivity contribution in [3.05, 3.63) is 83.7 Å². The highest BCUT2D eigenvalue weighted by atomic mass is 35.5. The van der Waals surface area contributed by atoms with Crippen molar-refractivity contribution >= 4 is 35.1 Å². The molecule has 1 aromatic heterocycles. The first-order chi connectivity index (χ1) is 16.0. The lowest BCUT2D eigenvalue weighted by atomic mass is 10.1. The number of carbonyl (C=O) groups excluding carboxylic acids is 3. The van der Waals surface area contributed by atoms with Crippen LogP contribution in [0.15, 0.2) is 66.9 Å². The highest BCUT2D eigenvalue weighted by Crippen LogP contribution is 2.28. The van der Waals surface area contributed by atoms with Gasteiger partial charge in [0, 0.05) is 18.4 Å². The molecule has 0 bridgehead atoms. The number of aromatic amines is 1. The van der Waals surface area contributed by atoms with Crippen LogP contribution in [0.25, 0.3) is 0 Å². The number of amides is 2. The maximum Gasteiger partial charge on any atom is 0.338 e. The standard InChI is InChI=1S/C24H25ClN4O4/c1-2-33-24(32)18-8-10-19(11-9-18)29(21(30)16-25)22(20-13-15-27-28-20)23(31)26-14-12-17-6-4-3-5-7-17/h3-11,13,15,22H,2,12,14,16H2,1H3,(H,26,31)(H,27,28). The van der Waals surface area contributed by atoms with Gasteiger partial charge in [-0.15, -0.1) is 11.6 Å². The molecule has 1 heterocycles. The summed E-state index contributed by atoms with van der Waals surface area (Å²) in [6, 6.07) is 16.6. The molecule has 3 aromatic rings. The fourth-order valence-electron chi connectivity index (χ4n) is 3.36. The van der Waals surface area contributed by atoms with E-state index in [9.17, 15) is 14.4 Å². The van der Waals surface area contributed by atoms with E-state index in [1.807, 2.05) is 30.3 Å². The summed E-state index contributed by atoms with van der Waals surface area (Å²) >= 11 is 5.89. The maximum atomic E-state index is 13.3. The van der Waals surface area contributed by atoms with Crippen molar-refractivity contribution in [1.29, 1.82) is 0 Å². The molecule has 0 aliphatic carbocycles. The van der Waals surface area contributed by atoms with Gasteiger partial charge in [0.2, 0.25) is 11.8 Å². The molecule has 172 valence electrons. The van der Waals surface area contributed by atoms with Crippen LogP contribution in [-0.2, 0) is 20.7 Å². The monoisotopic (exact) mass is 468 g/mol. The predicted molar refractivity (Wildman–Crippen MR) is 125 cm³/mol. The molecule has 0 spiro atoms. The second-order valence-corrected chi connectivity index (χ2v) is 7.37. The van der Waals surface area contributed by atoms with Gasteiger partial charge in [-0.2, -0.15) is 5.10 Å². The molecule has 33 heavy (non-hydrogen) atoms. The zero-order chi connectivity index (χ0) is 23.6. The van der Waals surface area contributed by atoms with Crippen molar-refractivity contribution in [3.63, 3.8) is 0 Å². The van der Waals surface area contributed by atoms with Crippen LogP contribution in [0.3, 0.4) is 0 Å². The molecule has 0 radical (unpaired) electrons. The first-order valence-corrected chi connectivity index (χ1v) is 11.0. The molecule has 1 unspecified atom stereocenters. The molecule has 2 N–H and O–H groups in total. The number of nitrogens with one attached hydrogen (secondary N) is 2. The van der Waals surface area contributed by atoms with Crippen LogP contribution in [0, 0.1) is 0 Å². The van der Waals surface area contributed by atoms with Crippen LogP contribution in [0.4, 0.5) is 5.69 Å².